The molecule has 3 rings (SSSR count). The summed E-state index contributed by atoms with van der Waals surface area (Å²) in [4.78, 5) is 30.5. The van der Waals surface area contributed by atoms with Gasteiger partial charge in [-0.25, -0.2) is 4.98 Å². The summed E-state index contributed by atoms with van der Waals surface area (Å²) in [5.74, 6) is 0.280. The molecule has 2 heterocycles. The normalized spacial score (nSPS) is 10.6. The number of nitrogens with one attached hydrogen (secondary N) is 2. The minimum Gasteiger partial charge on any atom is -0.494 e. The Morgan fingerprint density at radius 2 is 2.27 bits per heavy atom. The minimum absolute atomic E-state index is 0.0526. The Bertz CT molecular complexity index is 885. The Morgan fingerprint density at radius 1 is 1.41 bits per heavy atom. The zero-order valence-corrected chi connectivity index (χ0v) is 12.6. The molecule has 2 N–H and O–H groups in total. The number of amides is 1. The fourth-order valence-electron chi connectivity index (χ4n) is 1.98. The van der Waals surface area contributed by atoms with E-state index in [0.717, 1.165) is 16.0 Å². The van der Waals surface area contributed by atoms with Gasteiger partial charge in [0.2, 0.25) is 0 Å². The predicted molar refractivity (Wildman–Crippen MR) is 85.8 cm³/mol. The van der Waals surface area contributed by atoms with Gasteiger partial charge < -0.3 is 9.72 Å². The molecule has 2 aromatic heterocycles. The Hall–Kier alpha value is -2.67. The van der Waals surface area contributed by atoms with Crippen LogP contribution in [0.25, 0.3) is 10.2 Å². The molecule has 0 aliphatic heterocycles. The molecule has 0 saturated heterocycles. The Kier molecular flexibility index (Phi) is 3.88. The summed E-state index contributed by atoms with van der Waals surface area (Å²) in [7, 11) is 0. The number of rotatable bonds is 4. The van der Waals surface area contributed by atoms with Gasteiger partial charge in [0.1, 0.15) is 11.3 Å². The fraction of sp³-hybridized carbons (Fsp3) is 0.133. The van der Waals surface area contributed by atoms with Crippen LogP contribution in [-0.2, 0) is 0 Å². The van der Waals surface area contributed by atoms with E-state index in [1.165, 1.54) is 23.6 Å². The number of fused-ring (bicyclic) bond motifs is 1. The highest BCUT2D eigenvalue weighted by molar-refractivity contribution is 7.22. The van der Waals surface area contributed by atoms with Gasteiger partial charge in [0, 0.05) is 6.20 Å². The highest BCUT2D eigenvalue weighted by atomic mass is 32.1. The number of hydrogen-bond acceptors (Lipinski definition) is 5. The van der Waals surface area contributed by atoms with Crippen LogP contribution < -0.4 is 15.6 Å². The second-order valence-corrected chi connectivity index (χ2v) is 5.48. The van der Waals surface area contributed by atoms with Gasteiger partial charge >= 0.3 is 0 Å². The summed E-state index contributed by atoms with van der Waals surface area (Å²) in [5.41, 5.74) is 0.391. The molecule has 22 heavy (non-hydrogen) atoms. The molecule has 0 saturated carbocycles. The molecule has 1 aromatic carbocycles. The topological polar surface area (TPSA) is 84.1 Å². The molecule has 6 nitrogen and oxygen atoms in total. The summed E-state index contributed by atoms with van der Waals surface area (Å²) >= 11 is 1.33. The average Bonchev–Trinajstić information content (AvgIpc) is 2.89. The van der Waals surface area contributed by atoms with Crippen LogP contribution in [0.3, 0.4) is 0 Å². The highest BCUT2D eigenvalue weighted by Gasteiger charge is 2.13. The van der Waals surface area contributed by atoms with Gasteiger partial charge in [0.25, 0.3) is 11.5 Å². The molecular formula is C15H13N3O3S. The zero-order valence-electron chi connectivity index (χ0n) is 11.8. The molecule has 0 aliphatic carbocycles. The van der Waals surface area contributed by atoms with Crippen molar-refractivity contribution < 1.29 is 9.53 Å². The Labute approximate surface area is 129 Å². The smallest absolute Gasteiger partial charge is 0.263 e. The number of hydrogen-bond donors (Lipinski definition) is 2. The molecule has 0 bridgehead atoms. The third kappa shape index (κ3) is 2.84. The van der Waals surface area contributed by atoms with E-state index in [9.17, 15) is 9.59 Å². The average molecular weight is 315 g/mol. The minimum atomic E-state index is -0.481. The van der Waals surface area contributed by atoms with Crippen molar-refractivity contribution >= 4 is 32.6 Å². The number of carbonyl (C=O) groups excluding carboxylic acids is 1. The van der Waals surface area contributed by atoms with E-state index >= 15 is 0 Å². The quantitative estimate of drug-likeness (QED) is 0.775. The number of aromatic nitrogens is 2. The highest BCUT2D eigenvalue weighted by Crippen LogP contribution is 2.29. The maximum atomic E-state index is 12.1. The lowest BCUT2D eigenvalue weighted by atomic mass is 10.3. The van der Waals surface area contributed by atoms with E-state index in [4.69, 9.17) is 4.74 Å². The standard InChI is InChI=1S/C15H13N3O3S/c1-2-21-9-5-6-11-12(8-9)22-15(17-11)18-14(20)10-4-3-7-16-13(10)19/h3-8H,2H2,1H3,(H,16,19)(H,17,18,20). The van der Waals surface area contributed by atoms with Gasteiger partial charge in [-0.1, -0.05) is 11.3 Å². The van der Waals surface area contributed by atoms with Crippen LogP contribution in [-0.4, -0.2) is 22.5 Å². The van der Waals surface area contributed by atoms with E-state index in [-0.39, 0.29) is 5.56 Å². The van der Waals surface area contributed by atoms with Gasteiger partial charge in [0.05, 0.1) is 16.8 Å². The van der Waals surface area contributed by atoms with Gasteiger partial charge in [-0.05, 0) is 37.3 Å². The van der Waals surface area contributed by atoms with Gasteiger partial charge in [-0.2, -0.15) is 0 Å². The number of ether oxygens (including phenoxy) is 1. The number of nitrogens with zero attached hydrogens (tertiary/aromatic N) is 1. The zero-order chi connectivity index (χ0) is 15.5. The molecular weight excluding hydrogens is 302 g/mol. The number of aromatic amines is 1. The second-order valence-electron chi connectivity index (χ2n) is 4.45. The van der Waals surface area contributed by atoms with Crippen LogP contribution in [0.15, 0.2) is 41.3 Å². The Morgan fingerprint density at radius 3 is 3.05 bits per heavy atom. The number of pyridine rings is 1. The number of carbonyl (C=O) groups is 1. The summed E-state index contributed by atoms with van der Waals surface area (Å²) in [6.07, 6.45) is 1.48. The van der Waals surface area contributed by atoms with Crippen molar-refractivity contribution in [2.24, 2.45) is 0 Å². The van der Waals surface area contributed by atoms with Crippen molar-refractivity contribution in [1.82, 2.24) is 9.97 Å². The van der Waals surface area contributed by atoms with Crippen LogP contribution in [0.4, 0.5) is 5.13 Å². The van der Waals surface area contributed by atoms with Crippen LogP contribution in [0.5, 0.6) is 5.75 Å². The molecule has 0 fully saturated rings. The first-order chi connectivity index (χ1) is 10.7. The summed E-state index contributed by atoms with van der Waals surface area (Å²) in [6.45, 7) is 2.50. The monoisotopic (exact) mass is 315 g/mol. The van der Waals surface area contributed by atoms with Crippen LogP contribution in [0, 0.1) is 0 Å². The second kappa shape index (κ2) is 5.98. The number of anilines is 1. The van der Waals surface area contributed by atoms with E-state index in [2.05, 4.69) is 15.3 Å². The van der Waals surface area contributed by atoms with Crippen molar-refractivity contribution in [2.45, 2.75) is 6.92 Å². The third-order valence-electron chi connectivity index (χ3n) is 2.95. The molecule has 0 aliphatic rings. The SMILES string of the molecule is CCOc1ccc2nc(NC(=O)c3ccc[nH]c3=O)sc2c1. The van der Waals surface area contributed by atoms with Crippen molar-refractivity contribution in [1.29, 1.82) is 0 Å². The number of thiazole rings is 1. The Balaban J connectivity index is 1.86. The van der Waals surface area contributed by atoms with Gasteiger partial charge in [0.15, 0.2) is 5.13 Å². The van der Waals surface area contributed by atoms with Gasteiger partial charge in [-0.15, -0.1) is 0 Å². The summed E-state index contributed by atoms with van der Waals surface area (Å²) < 4.78 is 6.34. The third-order valence-corrected chi connectivity index (χ3v) is 3.89. The lowest BCUT2D eigenvalue weighted by Gasteiger charge is -2.00. The van der Waals surface area contributed by atoms with Crippen molar-refractivity contribution in [3.05, 3.63) is 52.4 Å². The molecule has 0 radical (unpaired) electrons. The van der Waals surface area contributed by atoms with E-state index in [1.807, 2.05) is 25.1 Å². The molecule has 0 spiro atoms. The first-order valence-electron chi connectivity index (χ1n) is 6.70. The summed E-state index contributed by atoms with van der Waals surface area (Å²) in [5, 5.41) is 3.09. The van der Waals surface area contributed by atoms with E-state index in [0.29, 0.717) is 11.7 Å². The van der Waals surface area contributed by atoms with Crippen LogP contribution in [0.1, 0.15) is 17.3 Å². The lowest BCUT2D eigenvalue weighted by Crippen LogP contribution is -2.22. The predicted octanol–water partition coefficient (Wildman–Crippen LogP) is 2.64. The first-order valence-corrected chi connectivity index (χ1v) is 7.51. The molecule has 112 valence electrons. The number of benzene rings is 1. The lowest BCUT2D eigenvalue weighted by molar-refractivity contribution is 0.102. The molecule has 7 heteroatoms. The van der Waals surface area contributed by atoms with E-state index < -0.39 is 11.5 Å². The van der Waals surface area contributed by atoms with E-state index in [1.54, 1.807) is 6.07 Å². The van der Waals surface area contributed by atoms with Crippen molar-refractivity contribution in [3.8, 4) is 5.75 Å². The fourth-order valence-corrected chi connectivity index (χ4v) is 2.87. The summed E-state index contributed by atoms with van der Waals surface area (Å²) in [6, 6.07) is 8.61. The molecule has 3 aromatic rings. The largest absolute Gasteiger partial charge is 0.494 e. The first kappa shape index (κ1) is 14.3. The molecule has 0 unspecified atom stereocenters. The van der Waals surface area contributed by atoms with Gasteiger partial charge in [-0.3, -0.25) is 14.9 Å². The maximum Gasteiger partial charge on any atom is 0.263 e. The molecule has 0 atom stereocenters. The van der Waals surface area contributed by atoms with Crippen LogP contribution in [0.2, 0.25) is 0 Å². The van der Waals surface area contributed by atoms with Crippen LogP contribution >= 0.6 is 11.3 Å². The van der Waals surface area contributed by atoms with Crippen molar-refractivity contribution in [2.75, 3.05) is 11.9 Å². The molecule has 1 amide bonds. The maximum absolute atomic E-state index is 12.1. The number of H-pyrrole nitrogens is 1. The van der Waals surface area contributed by atoms with Crippen molar-refractivity contribution in [3.63, 3.8) is 0 Å².